The summed E-state index contributed by atoms with van der Waals surface area (Å²) in [6, 6.07) is 5.94. The lowest BCUT2D eigenvalue weighted by Gasteiger charge is -2.31. The Kier molecular flexibility index (Phi) is 2.99. The number of carbonyl (C=O) groups excluding carboxylic acids is 1. The number of aryl methyl sites for hydroxylation is 1. The predicted molar refractivity (Wildman–Crippen MR) is 65.5 cm³/mol. The number of hydrogen-bond donors (Lipinski definition) is 2. The van der Waals surface area contributed by atoms with Crippen LogP contribution >= 0.6 is 0 Å². The van der Waals surface area contributed by atoms with Crippen LogP contribution in [0.5, 0.6) is 0 Å². The van der Waals surface area contributed by atoms with Crippen LogP contribution in [0.25, 0.3) is 0 Å². The van der Waals surface area contributed by atoms with Crippen molar-refractivity contribution in [1.29, 1.82) is 0 Å². The normalized spacial score (nSPS) is 14.4. The molecule has 16 heavy (non-hydrogen) atoms. The number of amides is 1. The van der Waals surface area contributed by atoms with Crippen LogP contribution in [0.2, 0.25) is 0 Å². The Balaban J connectivity index is 2.28. The molecule has 0 fully saturated rings. The Bertz CT molecular complexity index is 403. The third-order valence-electron chi connectivity index (χ3n) is 2.95. The average molecular weight is 219 g/mol. The van der Waals surface area contributed by atoms with Crippen molar-refractivity contribution in [1.82, 2.24) is 5.32 Å². The summed E-state index contributed by atoms with van der Waals surface area (Å²) < 4.78 is 0. The van der Waals surface area contributed by atoms with Gasteiger partial charge in [0.15, 0.2) is 0 Å². The second-order valence-electron chi connectivity index (χ2n) is 4.05. The molecule has 1 amide bonds. The molecule has 0 spiro atoms. The van der Waals surface area contributed by atoms with Gasteiger partial charge in [-0.1, -0.05) is 12.1 Å². The Hall–Kier alpha value is -1.71. The van der Waals surface area contributed by atoms with Crippen LogP contribution in [0.4, 0.5) is 11.4 Å². The fourth-order valence-electron chi connectivity index (χ4n) is 2.18. The maximum Gasteiger partial charge on any atom is 0.239 e. The largest absolute Gasteiger partial charge is 0.397 e. The third kappa shape index (κ3) is 1.96. The lowest BCUT2D eigenvalue weighted by Crippen LogP contribution is -2.39. The highest BCUT2D eigenvalue weighted by Gasteiger charge is 2.20. The van der Waals surface area contributed by atoms with Crippen LogP contribution in [0.3, 0.4) is 0 Å². The summed E-state index contributed by atoms with van der Waals surface area (Å²) in [4.78, 5) is 13.5. The van der Waals surface area contributed by atoms with Crippen molar-refractivity contribution in [2.24, 2.45) is 0 Å². The predicted octanol–water partition coefficient (Wildman–Crippen LogP) is 0.767. The number of nitrogens with one attached hydrogen (secondary N) is 1. The summed E-state index contributed by atoms with van der Waals surface area (Å²) >= 11 is 0. The molecule has 3 N–H and O–H groups in total. The van der Waals surface area contributed by atoms with Crippen molar-refractivity contribution in [2.75, 3.05) is 30.8 Å². The molecule has 0 radical (unpaired) electrons. The molecule has 1 aliphatic heterocycles. The SMILES string of the molecule is CNC(=O)CN1CCCc2cccc(N)c21. The number of likely N-dealkylation sites (N-methyl/N-ethyl adjacent to an activating group) is 1. The average Bonchev–Trinajstić information content (AvgIpc) is 2.29. The molecule has 0 atom stereocenters. The van der Waals surface area contributed by atoms with Gasteiger partial charge in [-0.05, 0) is 24.5 Å². The minimum atomic E-state index is 0.0242. The van der Waals surface area contributed by atoms with Crippen LogP contribution in [-0.4, -0.2) is 26.0 Å². The zero-order valence-electron chi connectivity index (χ0n) is 9.49. The highest BCUT2D eigenvalue weighted by atomic mass is 16.1. The van der Waals surface area contributed by atoms with Gasteiger partial charge < -0.3 is 16.0 Å². The number of hydrogen-bond acceptors (Lipinski definition) is 3. The van der Waals surface area contributed by atoms with Crippen molar-refractivity contribution in [3.05, 3.63) is 23.8 Å². The quantitative estimate of drug-likeness (QED) is 0.722. The Morgan fingerprint density at radius 1 is 1.56 bits per heavy atom. The van der Waals surface area contributed by atoms with Crippen molar-refractivity contribution in [3.8, 4) is 0 Å². The zero-order valence-corrected chi connectivity index (χ0v) is 9.49. The van der Waals surface area contributed by atoms with E-state index in [1.165, 1.54) is 5.56 Å². The van der Waals surface area contributed by atoms with Gasteiger partial charge in [0.05, 0.1) is 17.9 Å². The minimum Gasteiger partial charge on any atom is -0.397 e. The van der Waals surface area contributed by atoms with E-state index in [2.05, 4.69) is 16.3 Å². The molecule has 0 saturated carbocycles. The monoisotopic (exact) mass is 219 g/mol. The number of fused-ring (bicyclic) bond motifs is 1. The van der Waals surface area contributed by atoms with Gasteiger partial charge in [-0.3, -0.25) is 4.79 Å². The molecular weight excluding hydrogens is 202 g/mol. The molecule has 1 aromatic carbocycles. The van der Waals surface area contributed by atoms with E-state index in [9.17, 15) is 4.79 Å². The van der Waals surface area contributed by atoms with Crippen LogP contribution in [0, 0.1) is 0 Å². The second-order valence-corrected chi connectivity index (χ2v) is 4.05. The van der Waals surface area contributed by atoms with E-state index < -0.39 is 0 Å². The van der Waals surface area contributed by atoms with Crippen LogP contribution in [-0.2, 0) is 11.2 Å². The summed E-state index contributed by atoms with van der Waals surface area (Å²) in [5, 5.41) is 2.64. The molecule has 0 bridgehead atoms. The van der Waals surface area contributed by atoms with Gasteiger partial charge >= 0.3 is 0 Å². The Morgan fingerprint density at radius 2 is 2.38 bits per heavy atom. The summed E-state index contributed by atoms with van der Waals surface area (Å²) in [6.45, 7) is 1.28. The molecule has 0 aliphatic carbocycles. The molecule has 2 rings (SSSR count). The van der Waals surface area contributed by atoms with E-state index in [1.807, 2.05) is 12.1 Å². The first kappa shape index (κ1) is 10.8. The lowest BCUT2D eigenvalue weighted by atomic mass is 10.0. The molecule has 1 aliphatic rings. The number of para-hydroxylation sites is 1. The van der Waals surface area contributed by atoms with Crippen molar-refractivity contribution in [2.45, 2.75) is 12.8 Å². The molecule has 0 unspecified atom stereocenters. The molecule has 0 saturated heterocycles. The number of anilines is 2. The van der Waals surface area contributed by atoms with E-state index in [-0.39, 0.29) is 5.91 Å². The van der Waals surface area contributed by atoms with E-state index in [1.54, 1.807) is 7.05 Å². The van der Waals surface area contributed by atoms with Crippen molar-refractivity contribution >= 4 is 17.3 Å². The van der Waals surface area contributed by atoms with Crippen LogP contribution < -0.4 is 16.0 Å². The van der Waals surface area contributed by atoms with Gasteiger partial charge in [0.1, 0.15) is 0 Å². The first-order valence-electron chi connectivity index (χ1n) is 5.55. The Labute approximate surface area is 95.4 Å². The third-order valence-corrected chi connectivity index (χ3v) is 2.95. The number of nitrogen functional groups attached to an aromatic ring is 1. The summed E-state index contributed by atoms with van der Waals surface area (Å²) in [5.74, 6) is 0.0242. The standard InChI is InChI=1S/C12H17N3O/c1-14-11(16)8-15-7-3-5-9-4-2-6-10(13)12(9)15/h2,4,6H,3,5,7-8,13H2,1H3,(H,14,16). The lowest BCUT2D eigenvalue weighted by molar-refractivity contribution is -0.119. The van der Waals surface area contributed by atoms with Crippen LogP contribution in [0.1, 0.15) is 12.0 Å². The maximum atomic E-state index is 11.4. The topological polar surface area (TPSA) is 58.4 Å². The van der Waals surface area contributed by atoms with Crippen molar-refractivity contribution in [3.63, 3.8) is 0 Å². The molecule has 86 valence electrons. The van der Waals surface area contributed by atoms with E-state index in [4.69, 9.17) is 5.73 Å². The molecule has 1 aromatic rings. The fraction of sp³-hybridized carbons (Fsp3) is 0.417. The number of carbonyl (C=O) groups is 1. The van der Waals surface area contributed by atoms with Gasteiger partial charge in [0.2, 0.25) is 5.91 Å². The molecule has 4 nitrogen and oxygen atoms in total. The molecule has 0 aromatic heterocycles. The number of rotatable bonds is 2. The first-order chi connectivity index (χ1) is 7.72. The van der Waals surface area contributed by atoms with Gasteiger partial charge in [-0.15, -0.1) is 0 Å². The number of benzene rings is 1. The van der Waals surface area contributed by atoms with Crippen molar-refractivity contribution < 1.29 is 4.79 Å². The van der Waals surface area contributed by atoms with E-state index in [0.717, 1.165) is 30.8 Å². The maximum absolute atomic E-state index is 11.4. The smallest absolute Gasteiger partial charge is 0.239 e. The molecule has 1 heterocycles. The zero-order chi connectivity index (χ0) is 11.5. The fourth-order valence-corrected chi connectivity index (χ4v) is 2.18. The van der Waals surface area contributed by atoms with Gasteiger partial charge in [-0.25, -0.2) is 0 Å². The Morgan fingerprint density at radius 3 is 3.12 bits per heavy atom. The highest BCUT2D eigenvalue weighted by Crippen LogP contribution is 2.32. The first-order valence-corrected chi connectivity index (χ1v) is 5.55. The van der Waals surface area contributed by atoms with Gasteiger partial charge in [-0.2, -0.15) is 0 Å². The molecular formula is C12H17N3O. The van der Waals surface area contributed by atoms with E-state index in [0.29, 0.717) is 6.54 Å². The van der Waals surface area contributed by atoms with Crippen LogP contribution in [0.15, 0.2) is 18.2 Å². The van der Waals surface area contributed by atoms with Gasteiger partial charge in [0.25, 0.3) is 0 Å². The summed E-state index contributed by atoms with van der Waals surface area (Å²) in [7, 11) is 1.65. The number of nitrogens with two attached hydrogens (primary N) is 1. The summed E-state index contributed by atoms with van der Waals surface area (Å²) in [5.41, 5.74) is 9.03. The molecule has 4 heteroatoms. The number of nitrogens with zero attached hydrogens (tertiary/aromatic N) is 1. The van der Waals surface area contributed by atoms with E-state index >= 15 is 0 Å². The second kappa shape index (κ2) is 4.43. The van der Waals surface area contributed by atoms with Gasteiger partial charge in [0, 0.05) is 13.6 Å². The summed E-state index contributed by atoms with van der Waals surface area (Å²) in [6.07, 6.45) is 2.12. The minimum absolute atomic E-state index is 0.0242. The highest BCUT2D eigenvalue weighted by molar-refractivity contribution is 5.84.